The second-order valence-corrected chi connectivity index (χ2v) is 4.75. The Hall–Kier alpha value is -2.27. The minimum absolute atomic E-state index is 0.427. The molecule has 2 aromatic carbocycles. The molecule has 0 aromatic heterocycles. The Bertz CT molecular complexity index is 598. The van der Waals surface area contributed by atoms with Crippen LogP contribution in [0.25, 0.3) is 0 Å². The highest BCUT2D eigenvalue weighted by Gasteiger charge is 2.05. The highest BCUT2D eigenvalue weighted by atomic mass is 16.5. The molecule has 0 unspecified atom stereocenters. The summed E-state index contributed by atoms with van der Waals surface area (Å²) in [6.45, 7) is 2.68. The summed E-state index contributed by atoms with van der Waals surface area (Å²) in [5.74, 6) is 0.945. The fourth-order valence-electron chi connectivity index (χ4n) is 2.23. The minimum Gasteiger partial charge on any atom is -0.489 e. The number of aryl methyl sites for hydroxylation is 1. The van der Waals surface area contributed by atoms with E-state index in [0.29, 0.717) is 13.0 Å². The van der Waals surface area contributed by atoms with Crippen LogP contribution >= 0.6 is 0 Å². The van der Waals surface area contributed by atoms with Crippen molar-refractivity contribution in [1.29, 1.82) is 5.26 Å². The SMILES string of the molecule is CCCc1ccccc1OCc1ccccc1CC#N. The van der Waals surface area contributed by atoms with Gasteiger partial charge in [0, 0.05) is 0 Å². The molecule has 2 nitrogen and oxygen atoms in total. The maximum absolute atomic E-state index is 8.85. The highest BCUT2D eigenvalue weighted by molar-refractivity contribution is 5.34. The van der Waals surface area contributed by atoms with Gasteiger partial charge in [0.15, 0.2) is 0 Å². The molecule has 0 saturated carbocycles. The summed E-state index contributed by atoms with van der Waals surface area (Å²) in [7, 11) is 0. The summed E-state index contributed by atoms with van der Waals surface area (Å²) in [5, 5.41) is 8.85. The summed E-state index contributed by atoms with van der Waals surface area (Å²) >= 11 is 0. The Balaban J connectivity index is 2.11. The van der Waals surface area contributed by atoms with Gasteiger partial charge in [-0.25, -0.2) is 0 Å². The van der Waals surface area contributed by atoms with Gasteiger partial charge in [0.2, 0.25) is 0 Å². The second kappa shape index (κ2) is 7.35. The molecule has 0 N–H and O–H groups in total. The smallest absolute Gasteiger partial charge is 0.122 e. The Labute approximate surface area is 120 Å². The summed E-state index contributed by atoms with van der Waals surface area (Å²) in [6.07, 6.45) is 2.55. The molecule has 2 heteroatoms. The largest absolute Gasteiger partial charge is 0.489 e. The topological polar surface area (TPSA) is 33.0 Å². The van der Waals surface area contributed by atoms with Gasteiger partial charge < -0.3 is 4.74 Å². The molecule has 0 fully saturated rings. The van der Waals surface area contributed by atoms with Crippen molar-refractivity contribution >= 4 is 0 Å². The molecule has 20 heavy (non-hydrogen) atoms. The van der Waals surface area contributed by atoms with Gasteiger partial charge in [-0.3, -0.25) is 0 Å². The molecule has 0 atom stereocenters. The van der Waals surface area contributed by atoms with E-state index in [0.717, 1.165) is 29.7 Å². The first-order chi connectivity index (χ1) is 9.85. The predicted octanol–water partition coefficient (Wildman–Crippen LogP) is 4.28. The summed E-state index contributed by atoms with van der Waals surface area (Å²) in [4.78, 5) is 0. The summed E-state index contributed by atoms with van der Waals surface area (Å²) in [5.41, 5.74) is 3.37. The molecule has 0 aliphatic heterocycles. The third kappa shape index (κ3) is 3.61. The van der Waals surface area contributed by atoms with Crippen LogP contribution in [0.15, 0.2) is 48.5 Å². The van der Waals surface area contributed by atoms with Crippen molar-refractivity contribution < 1.29 is 4.74 Å². The van der Waals surface area contributed by atoms with E-state index in [4.69, 9.17) is 10.00 Å². The van der Waals surface area contributed by atoms with Crippen LogP contribution in [-0.4, -0.2) is 0 Å². The first-order valence-electron chi connectivity index (χ1n) is 6.99. The average molecular weight is 265 g/mol. The number of nitrogens with zero attached hydrogens (tertiary/aromatic N) is 1. The number of ether oxygens (including phenoxy) is 1. The number of nitriles is 1. The molecular weight excluding hydrogens is 246 g/mol. The molecular formula is C18H19NO. The lowest BCUT2D eigenvalue weighted by Crippen LogP contribution is -2.01. The third-order valence-corrected chi connectivity index (χ3v) is 3.26. The van der Waals surface area contributed by atoms with E-state index < -0.39 is 0 Å². The molecule has 102 valence electrons. The van der Waals surface area contributed by atoms with E-state index in [-0.39, 0.29) is 0 Å². The third-order valence-electron chi connectivity index (χ3n) is 3.26. The van der Waals surface area contributed by atoms with E-state index in [2.05, 4.69) is 19.1 Å². The van der Waals surface area contributed by atoms with Gasteiger partial charge in [-0.1, -0.05) is 55.8 Å². The van der Waals surface area contributed by atoms with Crippen molar-refractivity contribution in [3.05, 3.63) is 65.2 Å². The molecule has 0 spiro atoms. The molecule has 0 radical (unpaired) electrons. The molecule has 0 aliphatic rings. The first-order valence-corrected chi connectivity index (χ1v) is 6.99. The normalized spacial score (nSPS) is 10.0. The summed E-state index contributed by atoms with van der Waals surface area (Å²) < 4.78 is 5.95. The van der Waals surface area contributed by atoms with E-state index in [1.807, 2.05) is 42.5 Å². The zero-order chi connectivity index (χ0) is 14.2. The molecule has 0 aliphatic carbocycles. The Morgan fingerprint density at radius 2 is 1.60 bits per heavy atom. The van der Waals surface area contributed by atoms with Gasteiger partial charge in [-0.2, -0.15) is 5.26 Å². The maximum Gasteiger partial charge on any atom is 0.122 e. The van der Waals surface area contributed by atoms with Crippen LogP contribution in [0.4, 0.5) is 0 Å². The van der Waals surface area contributed by atoms with Crippen molar-refractivity contribution in [2.75, 3.05) is 0 Å². The lowest BCUT2D eigenvalue weighted by atomic mass is 10.1. The van der Waals surface area contributed by atoms with Crippen LogP contribution in [0.1, 0.15) is 30.0 Å². The van der Waals surface area contributed by atoms with Crippen LogP contribution in [0.3, 0.4) is 0 Å². The minimum atomic E-state index is 0.427. The van der Waals surface area contributed by atoms with Gasteiger partial charge >= 0.3 is 0 Å². The number of rotatable bonds is 6. The predicted molar refractivity (Wildman–Crippen MR) is 80.5 cm³/mol. The Morgan fingerprint density at radius 1 is 0.950 bits per heavy atom. The first kappa shape index (κ1) is 14.1. The molecule has 2 aromatic rings. The van der Waals surface area contributed by atoms with Gasteiger partial charge in [0.25, 0.3) is 0 Å². The number of hydrogen-bond acceptors (Lipinski definition) is 2. The monoisotopic (exact) mass is 265 g/mol. The van der Waals surface area contributed by atoms with Crippen molar-refractivity contribution in [3.8, 4) is 11.8 Å². The van der Waals surface area contributed by atoms with Crippen molar-refractivity contribution in [3.63, 3.8) is 0 Å². The van der Waals surface area contributed by atoms with Gasteiger partial charge in [-0.15, -0.1) is 0 Å². The molecule has 0 saturated heterocycles. The average Bonchev–Trinajstić information content (AvgIpc) is 2.48. The molecule has 0 bridgehead atoms. The lowest BCUT2D eigenvalue weighted by molar-refractivity contribution is 0.302. The van der Waals surface area contributed by atoms with Crippen molar-refractivity contribution in [2.24, 2.45) is 0 Å². The molecule has 0 heterocycles. The van der Waals surface area contributed by atoms with E-state index in [9.17, 15) is 0 Å². The second-order valence-electron chi connectivity index (χ2n) is 4.75. The van der Waals surface area contributed by atoms with Crippen molar-refractivity contribution in [2.45, 2.75) is 32.8 Å². The number of benzene rings is 2. The van der Waals surface area contributed by atoms with E-state index in [1.165, 1.54) is 5.56 Å². The summed E-state index contributed by atoms with van der Waals surface area (Å²) in [6, 6.07) is 18.3. The van der Waals surface area contributed by atoms with Crippen LogP contribution in [0.2, 0.25) is 0 Å². The molecule has 2 rings (SSSR count). The van der Waals surface area contributed by atoms with Crippen LogP contribution in [0, 0.1) is 11.3 Å². The standard InChI is InChI=1S/C18H19NO/c1-2-7-16-9-5-6-11-18(16)20-14-17-10-4-3-8-15(17)12-13-19/h3-6,8-11H,2,7,12,14H2,1H3. The number of para-hydroxylation sites is 1. The van der Waals surface area contributed by atoms with Crippen LogP contribution in [0.5, 0.6) is 5.75 Å². The lowest BCUT2D eigenvalue weighted by Gasteiger charge is -2.12. The Kier molecular flexibility index (Phi) is 5.20. The van der Waals surface area contributed by atoms with Gasteiger partial charge in [0.05, 0.1) is 12.5 Å². The zero-order valence-corrected chi connectivity index (χ0v) is 11.8. The van der Waals surface area contributed by atoms with Gasteiger partial charge in [-0.05, 0) is 29.2 Å². The Morgan fingerprint density at radius 3 is 2.30 bits per heavy atom. The maximum atomic E-state index is 8.85. The quantitative estimate of drug-likeness (QED) is 0.780. The zero-order valence-electron chi connectivity index (χ0n) is 11.8. The number of hydrogen-bond donors (Lipinski definition) is 0. The van der Waals surface area contributed by atoms with Gasteiger partial charge in [0.1, 0.15) is 12.4 Å². The molecule has 0 amide bonds. The van der Waals surface area contributed by atoms with Crippen LogP contribution in [-0.2, 0) is 19.4 Å². The van der Waals surface area contributed by atoms with E-state index >= 15 is 0 Å². The van der Waals surface area contributed by atoms with Crippen LogP contribution < -0.4 is 4.74 Å². The fraction of sp³-hybridized carbons (Fsp3) is 0.278. The van der Waals surface area contributed by atoms with E-state index in [1.54, 1.807) is 0 Å². The fourth-order valence-corrected chi connectivity index (χ4v) is 2.23. The van der Waals surface area contributed by atoms with Crippen molar-refractivity contribution in [1.82, 2.24) is 0 Å². The highest BCUT2D eigenvalue weighted by Crippen LogP contribution is 2.21.